The van der Waals surface area contributed by atoms with Crippen LogP contribution in [-0.4, -0.2) is 28.5 Å². The van der Waals surface area contributed by atoms with Crippen LogP contribution in [0, 0.1) is 0 Å². The van der Waals surface area contributed by atoms with Crippen molar-refractivity contribution in [3.8, 4) is 0 Å². The van der Waals surface area contributed by atoms with Crippen LogP contribution < -0.4 is 5.46 Å². The van der Waals surface area contributed by atoms with E-state index in [0.29, 0.717) is 11.3 Å². The minimum Gasteiger partial charge on any atom is -0.423 e. The number of benzene rings is 1. The fraction of sp³-hybridized carbons (Fsp3) is 0.538. The summed E-state index contributed by atoms with van der Waals surface area (Å²) in [6, 6.07) is 7.21. The minimum absolute atomic E-state index is 0.437. The van der Waals surface area contributed by atoms with Crippen LogP contribution in [-0.2, 0) is 10.5 Å². The van der Waals surface area contributed by atoms with Gasteiger partial charge in [0.1, 0.15) is 0 Å². The molecule has 0 aliphatic heterocycles. The SMILES string of the molecule is CC(C)(O)C(C)(C)OB(O)c1ccc(CCl)cc1. The van der Waals surface area contributed by atoms with E-state index < -0.39 is 18.3 Å². The van der Waals surface area contributed by atoms with Crippen molar-refractivity contribution in [2.75, 3.05) is 0 Å². The highest BCUT2D eigenvalue weighted by atomic mass is 35.5. The van der Waals surface area contributed by atoms with Gasteiger partial charge in [-0.15, -0.1) is 11.6 Å². The van der Waals surface area contributed by atoms with E-state index in [0.717, 1.165) is 5.56 Å². The third kappa shape index (κ3) is 3.72. The molecule has 0 fully saturated rings. The van der Waals surface area contributed by atoms with Gasteiger partial charge in [-0.05, 0) is 38.7 Å². The molecule has 5 heteroatoms. The molecule has 0 radical (unpaired) electrons. The van der Waals surface area contributed by atoms with Crippen LogP contribution in [0.3, 0.4) is 0 Å². The van der Waals surface area contributed by atoms with E-state index in [4.69, 9.17) is 16.3 Å². The first-order chi connectivity index (χ1) is 8.17. The summed E-state index contributed by atoms with van der Waals surface area (Å²) in [5.74, 6) is 0.437. The Kier molecular flexibility index (Phi) is 4.84. The Morgan fingerprint density at radius 2 is 1.67 bits per heavy atom. The van der Waals surface area contributed by atoms with Gasteiger partial charge in [-0.1, -0.05) is 24.3 Å². The summed E-state index contributed by atoms with van der Waals surface area (Å²) in [7, 11) is -1.07. The standard InChI is InChI=1S/C13H20BClO3/c1-12(2,16)13(3,4)18-14(17)11-7-5-10(9-15)6-8-11/h5-8,16-17H,9H2,1-4H3. The monoisotopic (exact) mass is 270 g/mol. The van der Waals surface area contributed by atoms with Gasteiger partial charge in [-0.2, -0.15) is 0 Å². The van der Waals surface area contributed by atoms with Crippen LogP contribution in [0.2, 0.25) is 0 Å². The Morgan fingerprint density at radius 1 is 1.17 bits per heavy atom. The maximum absolute atomic E-state index is 10.0. The first-order valence-electron chi connectivity index (χ1n) is 5.90. The molecule has 100 valence electrons. The highest BCUT2D eigenvalue weighted by Crippen LogP contribution is 2.25. The molecule has 0 aromatic heterocycles. The zero-order chi connectivity index (χ0) is 14.0. The summed E-state index contributed by atoms with van der Waals surface area (Å²) in [4.78, 5) is 0. The maximum atomic E-state index is 10.0. The van der Waals surface area contributed by atoms with E-state index in [-0.39, 0.29) is 0 Å². The van der Waals surface area contributed by atoms with Crippen molar-refractivity contribution in [3.05, 3.63) is 29.8 Å². The predicted octanol–water partition coefficient (Wildman–Crippen LogP) is 1.68. The van der Waals surface area contributed by atoms with Crippen LogP contribution in [0.5, 0.6) is 0 Å². The third-order valence-electron chi connectivity index (χ3n) is 3.30. The van der Waals surface area contributed by atoms with E-state index in [1.807, 2.05) is 12.1 Å². The Morgan fingerprint density at radius 3 is 2.06 bits per heavy atom. The Hall–Kier alpha value is -0.545. The molecule has 0 heterocycles. The van der Waals surface area contributed by atoms with Gasteiger partial charge in [0, 0.05) is 5.88 Å². The number of alkyl halides is 1. The van der Waals surface area contributed by atoms with Crippen molar-refractivity contribution in [3.63, 3.8) is 0 Å². The van der Waals surface area contributed by atoms with Gasteiger partial charge >= 0.3 is 7.12 Å². The molecule has 3 nitrogen and oxygen atoms in total. The lowest BCUT2D eigenvalue weighted by Gasteiger charge is -2.38. The molecule has 1 aromatic rings. The molecule has 18 heavy (non-hydrogen) atoms. The molecule has 2 N–H and O–H groups in total. The van der Waals surface area contributed by atoms with E-state index in [1.54, 1.807) is 39.8 Å². The molecule has 1 rings (SSSR count). The van der Waals surface area contributed by atoms with Crippen LogP contribution >= 0.6 is 11.6 Å². The number of hydrogen-bond donors (Lipinski definition) is 2. The highest BCUT2D eigenvalue weighted by molar-refractivity contribution is 6.60. The van der Waals surface area contributed by atoms with Crippen molar-refractivity contribution >= 4 is 24.2 Å². The first-order valence-corrected chi connectivity index (χ1v) is 6.44. The smallest absolute Gasteiger partial charge is 0.423 e. The highest BCUT2D eigenvalue weighted by Gasteiger charge is 2.39. The van der Waals surface area contributed by atoms with Crippen LogP contribution in [0.1, 0.15) is 33.3 Å². The van der Waals surface area contributed by atoms with Gasteiger partial charge in [0.2, 0.25) is 0 Å². The molecule has 0 spiro atoms. The molecule has 0 saturated heterocycles. The normalized spacial score (nSPS) is 12.6. The first kappa shape index (κ1) is 15.5. The number of halogens is 1. The second-order valence-electron chi connectivity index (χ2n) is 5.41. The van der Waals surface area contributed by atoms with Gasteiger partial charge in [0.25, 0.3) is 0 Å². The second kappa shape index (κ2) is 5.62. The fourth-order valence-corrected chi connectivity index (χ4v) is 1.44. The molecule has 0 unspecified atom stereocenters. The molecular weight excluding hydrogens is 250 g/mol. The van der Waals surface area contributed by atoms with Gasteiger partial charge in [0.05, 0.1) is 11.2 Å². The largest absolute Gasteiger partial charge is 0.491 e. The van der Waals surface area contributed by atoms with E-state index in [1.165, 1.54) is 0 Å². The molecule has 0 aliphatic carbocycles. The molecule has 0 atom stereocenters. The minimum atomic E-state index is -1.07. The maximum Gasteiger partial charge on any atom is 0.491 e. The molecule has 0 bridgehead atoms. The molecule has 1 aromatic carbocycles. The van der Waals surface area contributed by atoms with Gasteiger partial charge < -0.3 is 14.8 Å². The van der Waals surface area contributed by atoms with Gasteiger partial charge in [0.15, 0.2) is 0 Å². The summed E-state index contributed by atoms with van der Waals surface area (Å²) >= 11 is 5.70. The average molecular weight is 271 g/mol. The summed E-state index contributed by atoms with van der Waals surface area (Å²) in [5.41, 5.74) is -0.294. The van der Waals surface area contributed by atoms with Crippen molar-refractivity contribution in [2.24, 2.45) is 0 Å². The van der Waals surface area contributed by atoms with Crippen molar-refractivity contribution in [1.29, 1.82) is 0 Å². The second-order valence-corrected chi connectivity index (χ2v) is 5.68. The van der Waals surface area contributed by atoms with E-state index >= 15 is 0 Å². The van der Waals surface area contributed by atoms with Gasteiger partial charge in [-0.3, -0.25) is 0 Å². The van der Waals surface area contributed by atoms with Gasteiger partial charge in [-0.25, -0.2) is 0 Å². The average Bonchev–Trinajstić information content (AvgIpc) is 2.27. The third-order valence-corrected chi connectivity index (χ3v) is 3.61. The number of rotatable bonds is 5. The molecule has 0 amide bonds. The topological polar surface area (TPSA) is 49.7 Å². The lowest BCUT2D eigenvalue weighted by molar-refractivity contribution is -0.0982. The van der Waals surface area contributed by atoms with Crippen molar-refractivity contribution in [2.45, 2.75) is 44.8 Å². The number of hydrogen-bond acceptors (Lipinski definition) is 3. The lowest BCUT2D eigenvalue weighted by Crippen LogP contribution is -2.53. The van der Waals surface area contributed by atoms with Crippen LogP contribution in [0.25, 0.3) is 0 Å². The Labute approximate surface area is 114 Å². The number of aliphatic hydroxyl groups is 1. The molecule has 0 aliphatic rings. The zero-order valence-electron chi connectivity index (χ0n) is 11.3. The summed E-state index contributed by atoms with van der Waals surface area (Å²) in [6.07, 6.45) is 0. The Balaban J connectivity index is 2.78. The zero-order valence-corrected chi connectivity index (χ0v) is 12.0. The predicted molar refractivity (Wildman–Crippen MR) is 75.1 cm³/mol. The van der Waals surface area contributed by atoms with Crippen molar-refractivity contribution in [1.82, 2.24) is 0 Å². The van der Waals surface area contributed by atoms with Crippen LogP contribution in [0.4, 0.5) is 0 Å². The lowest BCUT2D eigenvalue weighted by atomic mass is 9.76. The summed E-state index contributed by atoms with van der Waals surface area (Å²) in [6.45, 7) is 6.78. The van der Waals surface area contributed by atoms with E-state index in [2.05, 4.69) is 0 Å². The Bertz CT molecular complexity index is 384. The quantitative estimate of drug-likeness (QED) is 0.632. The van der Waals surface area contributed by atoms with E-state index in [9.17, 15) is 10.1 Å². The molecular formula is C13H20BClO3. The fourth-order valence-electron chi connectivity index (χ4n) is 1.26. The summed E-state index contributed by atoms with van der Waals surface area (Å²) in [5, 5.41) is 20.0. The van der Waals surface area contributed by atoms with Crippen molar-refractivity contribution < 1.29 is 14.8 Å². The van der Waals surface area contributed by atoms with Crippen LogP contribution in [0.15, 0.2) is 24.3 Å². The molecule has 0 saturated carbocycles. The summed E-state index contributed by atoms with van der Waals surface area (Å²) < 4.78 is 5.53.